The second-order valence-corrected chi connectivity index (χ2v) is 10.2. The van der Waals surface area contributed by atoms with E-state index < -0.39 is 0 Å². The summed E-state index contributed by atoms with van der Waals surface area (Å²) in [6.45, 7) is 21.4. The molecule has 3 rings (SSSR count). The third-order valence-corrected chi connectivity index (χ3v) is 7.36. The molecule has 0 N–H and O–H groups in total. The zero-order chi connectivity index (χ0) is 17.9. The van der Waals surface area contributed by atoms with Crippen molar-refractivity contribution in [3.63, 3.8) is 0 Å². The Bertz CT molecular complexity index is 399. The monoisotopic (exact) mass is 349 g/mol. The van der Waals surface area contributed by atoms with Gasteiger partial charge in [-0.2, -0.15) is 0 Å². The lowest BCUT2D eigenvalue weighted by atomic mass is 9.77. The van der Waals surface area contributed by atoms with Gasteiger partial charge in [-0.1, -0.05) is 27.7 Å². The number of likely N-dealkylation sites (N-methyl/N-ethyl adjacent to an activating group) is 1. The SMILES string of the molecule is CCN1CCN(CCC2(C)CCN(CC3(CC(C)C)CC3)CC2)CC1. The lowest BCUT2D eigenvalue weighted by molar-refractivity contribution is 0.0693. The zero-order valence-electron chi connectivity index (χ0n) is 17.5. The normalized spacial score (nSPS) is 27.7. The Morgan fingerprint density at radius 1 is 0.800 bits per heavy atom. The van der Waals surface area contributed by atoms with Crippen LogP contribution >= 0.6 is 0 Å². The molecule has 0 unspecified atom stereocenters. The van der Waals surface area contributed by atoms with Crippen molar-refractivity contribution < 1.29 is 0 Å². The van der Waals surface area contributed by atoms with Crippen LogP contribution in [0.3, 0.4) is 0 Å². The minimum Gasteiger partial charge on any atom is -0.303 e. The van der Waals surface area contributed by atoms with E-state index in [9.17, 15) is 0 Å². The molecule has 0 spiro atoms. The molecule has 2 heterocycles. The molecule has 3 nitrogen and oxygen atoms in total. The summed E-state index contributed by atoms with van der Waals surface area (Å²) in [6, 6.07) is 0. The first-order valence-electron chi connectivity index (χ1n) is 11.1. The molecule has 3 fully saturated rings. The van der Waals surface area contributed by atoms with Crippen LogP contribution in [0.1, 0.15) is 66.2 Å². The van der Waals surface area contributed by atoms with Crippen LogP contribution < -0.4 is 0 Å². The number of nitrogens with zero attached hydrogens (tertiary/aromatic N) is 3. The molecule has 0 aromatic carbocycles. The van der Waals surface area contributed by atoms with Crippen LogP contribution in [-0.4, -0.2) is 73.6 Å². The summed E-state index contributed by atoms with van der Waals surface area (Å²) in [6.07, 6.45) is 8.67. The van der Waals surface area contributed by atoms with Crippen molar-refractivity contribution in [3.8, 4) is 0 Å². The highest BCUT2D eigenvalue weighted by molar-refractivity contribution is 4.97. The molecule has 25 heavy (non-hydrogen) atoms. The molecule has 2 aliphatic heterocycles. The van der Waals surface area contributed by atoms with Crippen molar-refractivity contribution in [1.82, 2.24) is 14.7 Å². The minimum absolute atomic E-state index is 0.590. The third-order valence-electron chi connectivity index (χ3n) is 7.36. The summed E-state index contributed by atoms with van der Waals surface area (Å²) in [5, 5.41) is 0. The van der Waals surface area contributed by atoms with E-state index >= 15 is 0 Å². The van der Waals surface area contributed by atoms with Crippen LogP contribution in [0.5, 0.6) is 0 Å². The van der Waals surface area contributed by atoms with Crippen LogP contribution in [0.4, 0.5) is 0 Å². The Morgan fingerprint density at radius 2 is 1.40 bits per heavy atom. The number of hydrogen-bond donors (Lipinski definition) is 0. The van der Waals surface area contributed by atoms with Crippen LogP contribution in [-0.2, 0) is 0 Å². The van der Waals surface area contributed by atoms with Gasteiger partial charge in [-0.25, -0.2) is 0 Å². The van der Waals surface area contributed by atoms with Crippen molar-refractivity contribution in [2.24, 2.45) is 16.7 Å². The van der Waals surface area contributed by atoms with Gasteiger partial charge in [-0.05, 0) is 81.5 Å². The van der Waals surface area contributed by atoms with Crippen molar-refractivity contribution >= 4 is 0 Å². The quantitative estimate of drug-likeness (QED) is 0.657. The molecule has 0 atom stereocenters. The summed E-state index contributed by atoms with van der Waals surface area (Å²) in [5.41, 5.74) is 1.30. The van der Waals surface area contributed by atoms with Crippen LogP contribution in [0, 0.1) is 16.7 Å². The fourth-order valence-corrected chi connectivity index (χ4v) is 5.20. The van der Waals surface area contributed by atoms with Crippen molar-refractivity contribution in [1.29, 1.82) is 0 Å². The fraction of sp³-hybridized carbons (Fsp3) is 1.00. The highest BCUT2D eigenvalue weighted by atomic mass is 15.3. The number of likely N-dealkylation sites (tertiary alicyclic amines) is 1. The van der Waals surface area contributed by atoms with Gasteiger partial charge in [0.1, 0.15) is 0 Å². The summed E-state index contributed by atoms with van der Waals surface area (Å²) in [7, 11) is 0. The van der Waals surface area contributed by atoms with Gasteiger partial charge in [0.15, 0.2) is 0 Å². The van der Waals surface area contributed by atoms with Crippen LogP contribution in [0.2, 0.25) is 0 Å². The molecular weight excluding hydrogens is 306 g/mol. The zero-order valence-corrected chi connectivity index (χ0v) is 17.5. The molecule has 146 valence electrons. The lowest BCUT2D eigenvalue weighted by Crippen LogP contribution is -2.48. The first-order chi connectivity index (χ1) is 11.9. The van der Waals surface area contributed by atoms with E-state index in [4.69, 9.17) is 0 Å². The smallest absolute Gasteiger partial charge is 0.0110 e. The van der Waals surface area contributed by atoms with E-state index in [-0.39, 0.29) is 0 Å². The largest absolute Gasteiger partial charge is 0.303 e. The summed E-state index contributed by atoms with van der Waals surface area (Å²) in [4.78, 5) is 8.10. The molecule has 3 heteroatoms. The second kappa shape index (κ2) is 8.27. The third kappa shape index (κ3) is 5.68. The highest BCUT2D eigenvalue weighted by Crippen LogP contribution is 2.51. The Morgan fingerprint density at radius 3 is 1.92 bits per heavy atom. The van der Waals surface area contributed by atoms with Gasteiger partial charge in [-0.15, -0.1) is 0 Å². The topological polar surface area (TPSA) is 9.72 Å². The highest BCUT2D eigenvalue weighted by Gasteiger charge is 2.44. The predicted molar refractivity (Wildman–Crippen MR) is 108 cm³/mol. The van der Waals surface area contributed by atoms with E-state index in [0.717, 1.165) is 5.92 Å². The Labute approximate surface area is 157 Å². The standard InChI is InChI=1S/C22H43N3/c1-5-23-14-16-24(17-15-23)11-8-21(4)9-12-25(13-10-21)19-22(6-7-22)18-20(2)3/h20H,5-19H2,1-4H3. The van der Waals surface area contributed by atoms with Gasteiger partial charge in [0.25, 0.3) is 0 Å². The van der Waals surface area contributed by atoms with Crippen molar-refractivity contribution in [3.05, 3.63) is 0 Å². The Kier molecular flexibility index (Phi) is 6.50. The molecule has 0 amide bonds. The van der Waals surface area contributed by atoms with E-state index in [1.807, 2.05) is 0 Å². The summed E-state index contributed by atoms with van der Waals surface area (Å²) < 4.78 is 0. The molecule has 0 radical (unpaired) electrons. The number of piperazine rings is 1. The molecular formula is C22H43N3. The number of hydrogen-bond acceptors (Lipinski definition) is 3. The maximum atomic E-state index is 2.80. The maximum absolute atomic E-state index is 2.80. The average Bonchev–Trinajstić information content (AvgIpc) is 3.34. The summed E-state index contributed by atoms with van der Waals surface area (Å²) in [5.74, 6) is 0.866. The molecule has 0 aromatic rings. The van der Waals surface area contributed by atoms with Crippen LogP contribution in [0.25, 0.3) is 0 Å². The first kappa shape index (κ1) is 19.6. The lowest BCUT2D eigenvalue weighted by Gasteiger charge is -2.42. The summed E-state index contributed by atoms with van der Waals surface area (Å²) >= 11 is 0. The second-order valence-electron chi connectivity index (χ2n) is 10.2. The molecule has 1 aliphatic carbocycles. The van der Waals surface area contributed by atoms with Gasteiger partial charge >= 0.3 is 0 Å². The Balaban J connectivity index is 1.36. The van der Waals surface area contributed by atoms with E-state index in [1.165, 1.54) is 97.4 Å². The molecule has 1 saturated carbocycles. The Hall–Kier alpha value is -0.120. The molecule has 0 aromatic heterocycles. The van der Waals surface area contributed by atoms with Gasteiger partial charge in [0.05, 0.1) is 0 Å². The van der Waals surface area contributed by atoms with Gasteiger partial charge in [0, 0.05) is 32.7 Å². The molecule has 0 bridgehead atoms. The molecule has 3 aliphatic rings. The van der Waals surface area contributed by atoms with Crippen molar-refractivity contribution in [2.75, 3.05) is 58.9 Å². The van der Waals surface area contributed by atoms with E-state index in [0.29, 0.717) is 10.8 Å². The van der Waals surface area contributed by atoms with Gasteiger partial charge in [0.2, 0.25) is 0 Å². The van der Waals surface area contributed by atoms with Crippen molar-refractivity contribution in [2.45, 2.75) is 66.2 Å². The predicted octanol–water partition coefficient (Wildman–Crippen LogP) is 3.94. The van der Waals surface area contributed by atoms with Crippen LogP contribution in [0.15, 0.2) is 0 Å². The van der Waals surface area contributed by atoms with E-state index in [2.05, 4.69) is 42.4 Å². The minimum atomic E-state index is 0.590. The maximum Gasteiger partial charge on any atom is 0.0110 e. The van der Waals surface area contributed by atoms with Gasteiger partial charge in [-0.3, -0.25) is 0 Å². The fourth-order valence-electron chi connectivity index (χ4n) is 5.20. The number of rotatable bonds is 8. The van der Waals surface area contributed by atoms with E-state index in [1.54, 1.807) is 0 Å². The average molecular weight is 350 g/mol. The molecule has 2 saturated heterocycles. The first-order valence-corrected chi connectivity index (χ1v) is 11.1. The number of piperidine rings is 1. The van der Waals surface area contributed by atoms with Gasteiger partial charge < -0.3 is 14.7 Å².